The van der Waals surface area contributed by atoms with Gasteiger partial charge in [-0.25, -0.2) is 4.39 Å². The molecule has 0 aliphatic carbocycles. The van der Waals surface area contributed by atoms with Crippen LogP contribution in [-0.2, 0) is 6.42 Å². The minimum atomic E-state index is -0.119. The molecule has 0 fully saturated rings. The second-order valence-electron chi connectivity index (χ2n) is 3.68. The Morgan fingerprint density at radius 3 is 2.64 bits per heavy atom. The van der Waals surface area contributed by atoms with Crippen molar-refractivity contribution in [2.24, 2.45) is 0 Å². The van der Waals surface area contributed by atoms with Crippen LogP contribution in [0.15, 0.2) is 18.2 Å². The summed E-state index contributed by atoms with van der Waals surface area (Å²) in [6.45, 7) is 3.96. The van der Waals surface area contributed by atoms with Gasteiger partial charge in [0.15, 0.2) is 0 Å². The first-order valence-electron chi connectivity index (χ1n) is 5.09. The molecule has 0 heterocycles. The highest BCUT2D eigenvalue weighted by atomic mass is 19.1. The Hall–Kier alpha value is -0.890. The van der Waals surface area contributed by atoms with Gasteiger partial charge in [0.1, 0.15) is 5.82 Å². The van der Waals surface area contributed by atoms with Crippen LogP contribution in [0.4, 0.5) is 4.39 Å². The van der Waals surface area contributed by atoms with Crippen molar-refractivity contribution in [3.05, 3.63) is 35.1 Å². The van der Waals surface area contributed by atoms with Gasteiger partial charge in [-0.2, -0.15) is 0 Å². The first kappa shape index (κ1) is 11.2. The van der Waals surface area contributed by atoms with Crippen molar-refractivity contribution in [3.63, 3.8) is 0 Å². The molecule has 0 saturated carbocycles. The maximum absolute atomic E-state index is 13.0. The molecule has 0 bridgehead atoms. The van der Waals surface area contributed by atoms with Gasteiger partial charge in [0.25, 0.3) is 0 Å². The fraction of sp³-hybridized carbons (Fsp3) is 0.500. The number of benzene rings is 1. The molecule has 0 radical (unpaired) electrons. The molecule has 2 heteroatoms. The molecule has 0 spiro atoms. The van der Waals surface area contributed by atoms with E-state index in [-0.39, 0.29) is 5.82 Å². The summed E-state index contributed by atoms with van der Waals surface area (Å²) in [6.07, 6.45) is 2.06. The number of halogens is 1. The number of hydrogen-bond acceptors (Lipinski definition) is 1. The van der Waals surface area contributed by atoms with Gasteiger partial charge in [0.2, 0.25) is 0 Å². The topological polar surface area (TPSA) is 12.0 Å². The smallest absolute Gasteiger partial charge is 0.126 e. The van der Waals surface area contributed by atoms with Gasteiger partial charge in [0.05, 0.1) is 0 Å². The van der Waals surface area contributed by atoms with E-state index in [1.54, 1.807) is 13.0 Å². The van der Waals surface area contributed by atoms with Crippen LogP contribution in [0.2, 0.25) is 0 Å². The third kappa shape index (κ3) is 2.81. The normalized spacial score (nSPS) is 12.9. The Labute approximate surface area is 85.3 Å². The lowest BCUT2D eigenvalue weighted by Gasteiger charge is -2.13. The van der Waals surface area contributed by atoms with Gasteiger partial charge in [0, 0.05) is 6.04 Å². The van der Waals surface area contributed by atoms with E-state index in [1.807, 2.05) is 19.2 Å². The standard InChI is InChI=1S/C12H18FN/c1-4-11(14-3)8-10-5-6-12(13)9(2)7-10/h5-7,11,14H,4,8H2,1-3H3. The largest absolute Gasteiger partial charge is 0.317 e. The Bertz CT molecular complexity index is 292. The number of aryl methyl sites for hydroxylation is 1. The summed E-state index contributed by atoms with van der Waals surface area (Å²) < 4.78 is 13.0. The van der Waals surface area contributed by atoms with Gasteiger partial charge in [-0.1, -0.05) is 19.1 Å². The third-order valence-electron chi connectivity index (χ3n) is 2.61. The molecule has 14 heavy (non-hydrogen) atoms. The van der Waals surface area contributed by atoms with E-state index in [1.165, 1.54) is 5.56 Å². The molecule has 0 amide bonds. The second-order valence-corrected chi connectivity index (χ2v) is 3.68. The van der Waals surface area contributed by atoms with Crippen LogP contribution >= 0.6 is 0 Å². The highest BCUT2D eigenvalue weighted by Gasteiger charge is 2.05. The van der Waals surface area contributed by atoms with Crippen molar-refractivity contribution in [2.45, 2.75) is 32.7 Å². The van der Waals surface area contributed by atoms with Crippen LogP contribution in [0, 0.1) is 12.7 Å². The number of nitrogens with one attached hydrogen (secondary N) is 1. The lowest BCUT2D eigenvalue weighted by Crippen LogP contribution is -2.26. The van der Waals surface area contributed by atoms with Crippen LogP contribution < -0.4 is 5.32 Å². The quantitative estimate of drug-likeness (QED) is 0.779. The molecule has 1 unspecified atom stereocenters. The molecule has 0 saturated heterocycles. The Kier molecular flexibility index (Phi) is 4.08. The fourth-order valence-corrected chi connectivity index (χ4v) is 1.57. The summed E-state index contributed by atoms with van der Waals surface area (Å²) in [6, 6.07) is 5.82. The fourth-order valence-electron chi connectivity index (χ4n) is 1.57. The molecule has 1 aromatic carbocycles. The van der Waals surface area contributed by atoms with Crippen molar-refractivity contribution in [1.82, 2.24) is 5.32 Å². The van der Waals surface area contributed by atoms with Gasteiger partial charge >= 0.3 is 0 Å². The van der Waals surface area contributed by atoms with Crippen molar-refractivity contribution >= 4 is 0 Å². The zero-order chi connectivity index (χ0) is 10.6. The maximum Gasteiger partial charge on any atom is 0.126 e. The highest BCUT2D eigenvalue weighted by molar-refractivity contribution is 5.24. The lowest BCUT2D eigenvalue weighted by atomic mass is 10.0. The second kappa shape index (κ2) is 5.11. The van der Waals surface area contributed by atoms with E-state index in [9.17, 15) is 4.39 Å². The molecule has 1 aromatic rings. The number of likely N-dealkylation sites (N-methyl/N-ethyl adjacent to an activating group) is 1. The van der Waals surface area contributed by atoms with E-state index in [0.717, 1.165) is 18.4 Å². The van der Waals surface area contributed by atoms with Crippen LogP contribution in [0.25, 0.3) is 0 Å². The Morgan fingerprint density at radius 2 is 2.14 bits per heavy atom. The maximum atomic E-state index is 13.0. The van der Waals surface area contributed by atoms with Crippen LogP contribution in [-0.4, -0.2) is 13.1 Å². The van der Waals surface area contributed by atoms with Gasteiger partial charge in [-0.3, -0.25) is 0 Å². The molecule has 78 valence electrons. The van der Waals surface area contributed by atoms with Crippen LogP contribution in [0.3, 0.4) is 0 Å². The molecule has 1 atom stereocenters. The summed E-state index contributed by atoms with van der Waals surface area (Å²) in [5.74, 6) is -0.119. The molecular formula is C12H18FN. The van der Waals surface area contributed by atoms with Gasteiger partial charge < -0.3 is 5.32 Å². The first-order valence-corrected chi connectivity index (χ1v) is 5.09. The summed E-state index contributed by atoms with van der Waals surface area (Å²) in [5, 5.41) is 3.24. The SMILES string of the molecule is CCC(Cc1ccc(F)c(C)c1)NC. The highest BCUT2D eigenvalue weighted by Crippen LogP contribution is 2.11. The number of rotatable bonds is 4. The zero-order valence-electron chi connectivity index (χ0n) is 9.10. The minimum absolute atomic E-state index is 0.119. The van der Waals surface area contributed by atoms with E-state index >= 15 is 0 Å². The van der Waals surface area contributed by atoms with Crippen molar-refractivity contribution in [1.29, 1.82) is 0 Å². The Balaban J connectivity index is 2.72. The molecule has 1 N–H and O–H groups in total. The van der Waals surface area contributed by atoms with E-state index < -0.39 is 0 Å². The summed E-state index contributed by atoms with van der Waals surface area (Å²) in [4.78, 5) is 0. The van der Waals surface area contributed by atoms with E-state index in [4.69, 9.17) is 0 Å². The van der Waals surface area contributed by atoms with Crippen LogP contribution in [0.1, 0.15) is 24.5 Å². The average Bonchev–Trinajstić information content (AvgIpc) is 2.19. The summed E-state index contributed by atoms with van der Waals surface area (Å²) in [5.41, 5.74) is 1.93. The van der Waals surface area contributed by atoms with Crippen molar-refractivity contribution < 1.29 is 4.39 Å². The third-order valence-corrected chi connectivity index (χ3v) is 2.61. The predicted octanol–water partition coefficient (Wildman–Crippen LogP) is 2.67. The molecule has 0 aliphatic heterocycles. The monoisotopic (exact) mass is 195 g/mol. The predicted molar refractivity (Wildman–Crippen MR) is 58.0 cm³/mol. The molecule has 0 aliphatic rings. The average molecular weight is 195 g/mol. The van der Waals surface area contributed by atoms with E-state index in [2.05, 4.69) is 12.2 Å². The zero-order valence-corrected chi connectivity index (χ0v) is 9.10. The van der Waals surface area contributed by atoms with Crippen molar-refractivity contribution in [3.8, 4) is 0 Å². The lowest BCUT2D eigenvalue weighted by molar-refractivity contribution is 0.542. The summed E-state index contributed by atoms with van der Waals surface area (Å²) in [7, 11) is 1.96. The minimum Gasteiger partial charge on any atom is -0.317 e. The van der Waals surface area contributed by atoms with Crippen LogP contribution in [0.5, 0.6) is 0 Å². The molecular weight excluding hydrogens is 177 g/mol. The Morgan fingerprint density at radius 1 is 1.43 bits per heavy atom. The molecule has 0 aromatic heterocycles. The number of hydrogen-bond donors (Lipinski definition) is 1. The van der Waals surface area contributed by atoms with Gasteiger partial charge in [-0.05, 0) is 44.0 Å². The first-order chi connectivity index (χ1) is 6.67. The molecule has 1 nitrogen and oxygen atoms in total. The van der Waals surface area contributed by atoms with Crippen molar-refractivity contribution in [2.75, 3.05) is 7.05 Å². The van der Waals surface area contributed by atoms with Gasteiger partial charge in [-0.15, -0.1) is 0 Å². The van der Waals surface area contributed by atoms with E-state index in [0.29, 0.717) is 6.04 Å². The molecule has 1 rings (SSSR count). The summed E-state index contributed by atoms with van der Waals surface area (Å²) >= 11 is 0.